The second-order valence-electron chi connectivity index (χ2n) is 3.67. The molecule has 1 unspecified atom stereocenters. The Morgan fingerprint density at radius 3 is 2.00 bits per heavy atom. The van der Waals surface area contributed by atoms with Gasteiger partial charge in [0.2, 0.25) is 0 Å². The van der Waals surface area contributed by atoms with Crippen LogP contribution in [0.2, 0.25) is 0 Å². The smallest absolute Gasteiger partial charge is 0.453 e. The van der Waals surface area contributed by atoms with Crippen LogP contribution in [0.4, 0.5) is 26.3 Å². The summed E-state index contributed by atoms with van der Waals surface area (Å²) in [5.74, 6) is -8.90. The van der Waals surface area contributed by atoms with E-state index >= 15 is 0 Å². The van der Waals surface area contributed by atoms with Crippen molar-refractivity contribution in [1.29, 1.82) is 0 Å². The Hall–Kier alpha value is -1.73. The van der Waals surface area contributed by atoms with Crippen LogP contribution in [-0.2, 0) is 9.53 Å². The average Bonchev–Trinajstić information content (AvgIpc) is 2.28. The lowest BCUT2D eigenvalue weighted by atomic mass is 10.1. The van der Waals surface area contributed by atoms with Crippen molar-refractivity contribution < 1.29 is 35.9 Å². The zero-order valence-corrected chi connectivity index (χ0v) is 9.47. The molecule has 0 heterocycles. The summed E-state index contributed by atoms with van der Waals surface area (Å²) in [5, 5.41) is 0. The first-order chi connectivity index (χ1) is 8.55. The van der Waals surface area contributed by atoms with Crippen LogP contribution in [0, 0.1) is 5.82 Å². The Kier molecular flexibility index (Phi) is 4.12. The topological polar surface area (TPSA) is 26.3 Å². The number of hydrogen-bond donors (Lipinski definition) is 0. The molecule has 1 atom stereocenters. The molecular weight excluding hydrogens is 278 g/mol. The van der Waals surface area contributed by atoms with Crippen LogP contribution in [0.5, 0.6) is 0 Å². The monoisotopic (exact) mass is 286 g/mol. The first kappa shape index (κ1) is 15.3. The van der Waals surface area contributed by atoms with Gasteiger partial charge in [0.25, 0.3) is 0 Å². The molecule has 0 aromatic heterocycles. The van der Waals surface area contributed by atoms with Gasteiger partial charge in [0.1, 0.15) is 11.9 Å². The van der Waals surface area contributed by atoms with Crippen LogP contribution in [-0.4, -0.2) is 18.1 Å². The third kappa shape index (κ3) is 3.39. The molecule has 0 radical (unpaired) electrons. The van der Waals surface area contributed by atoms with Crippen molar-refractivity contribution in [1.82, 2.24) is 0 Å². The Labute approximate surface area is 104 Å². The summed E-state index contributed by atoms with van der Waals surface area (Å²) in [6.45, 7) is 1.09. The van der Waals surface area contributed by atoms with Gasteiger partial charge in [-0.2, -0.15) is 22.0 Å². The Morgan fingerprint density at radius 1 is 1.11 bits per heavy atom. The highest BCUT2D eigenvalue weighted by molar-refractivity contribution is 5.78. The van der Waals surface area contributed by atoms with Crippen LogP contribution >= 0.6 is 0 Å². The van der Waals surface area contributed by atoms with Crippen molar-refractivity contribution in [3.8, 4) is 0 Å². The molecule has 1 rings (SSSR count). The molecule has 0 saturated heterocycles. The van der Waals surface area contributed by atoms with Gasteiger partial charge in [-0.3, -0.25) is 0 Å². The fourth-order valence-corrected chi connectivity index (χ4v) is 1.15. The van der Waals surface area contributed by atoms with Crippen LogP contribution in [0.1, 0.15) is 18.6 Å². The number of carbonyl (C=O) groups is 1. The standard InChI is InChI=1S/C11H8F6O2/c1-6(7-2-4-8(12)5-3-7)19-9(18)10(13,14)11(15,16)17/h2-6H,1H3. The van der Waals surface area contributed by atoms with Crippen molar-refractivity contribution in [2.75, 3.05) is 0 Å². The zero-order valence-electron chi connectivity index (χ0n) is 9.47. The minimum atomic E-state index is -6.02. The lowest BCUT2D eigenvalue weighted by Crippen LogP contribution is -2.45. The average molecular weight is 286 g/mol. The van der Waals surface area contributed by atoms with Gasteiger partial charge in [0, 0.05) is 0 Å². The van der Waals surface area contributed by atoms with Gasteiger partial charge < -0.3 is 4.74 Å². The molecule has 0 aliphatic rings. The van der Waals surface area contributed by atoms with E-state index in [1.54, 1.807) is 0 Å². The molecule has 2 nitrogen and oxygen atoms in total. The maximum Gasteiger partial charge on any atom is 0.465 e. The van der Waals surface area contributed by atoms with Gasteiger partial charge in [-0.05, 0) is 24.6 Å². The van der Waals surface area contributed by atoms with Gasteiger partial charge in [-0.25, -0.2) is 9.18 Å². The number of carbonyl (C=O) groups excluding carboxylic acids is 1. The van der Waals surface area contributed by atoms with Crippen LogP contribution < -0.4 is 0 Å². The molecule has 0 spiro atoms. The molecule has 8 heteroatoms. The SMILES string of the molecule is CC(OC(=O)C(F)(F)C(F)(F)F)c1ccc(F)cc1. The largest absolute Gasteiger partial charge is 0.465 e. The minimum absolute atomic E-state index is 0.0905. The van der Waals surface area contributed by atoms with Gasteiger partial charge in [0.05, 0.1) is 0 Å². The molecule has 106 valence electrons. The van der Waals surface area contributed by atoms with Crippen molar-refractivity contribution in [2.24, 2.45) is 0 Å². The van der Waals surface area contributed by atoms with Crippen LogP contribution in [0.3, 0.4) is 0 Å². The zero-order chi connectivity index (χ0) is 14.8. The van der Waals surface area contributed by atoms with E-state index < -0.39 is 30.0 Å². The normalized spacial score (nSPS) is 14.1. The highest BCUT2D eigenvalue weighted by atomic mass is 19.4. The first-order valence-corrected chi connectivity index (χ1v) is 4.97. The molecule has 1 aromatic carbocycles. The summed E-state index contributed by atoms with van der Waals surface area (Å²) in [7, 11) is 0. The van der Waals surface area contributed by atoms with Crippen molar-refractivity contribution in [3.05, 3.63) is 35.6 Å². The molecule has 0 aliphatic heterocycles. The van der Waals surface area contributed by atoms with Crippen molar-refractivity contribution in [3.63, 3.8) is 0 Å². The fraction of sp³-hybridized carbons (Fsp3) is 0.364. The van der Waals surface area contributed by atoms with E-state index in [1.165, 1.54) is 0 Å². The third-order valence-electron chi connectivity index (χ3n) is 2.24. The number of rotatable bonds is 3. The molecule has 19 heavy (non-hydrogen) atoms. The van der Waals surface area contributed by atoms with E-state index in [4.69, 9.17) is 0 Å². The van der Waals surface area contributed by atoms with E-state index in [1.807, 2.05) is 0 Å². The summed E-state index contributed by atoms with van der Waals surface area (Å²) in [5.41, 5.74) is 0.0905. The van der Waals surface area contributed by atoms with E-state index in [0.717, 1.165) is 31.2 Å². The molecule has 0 fully saturated rings. The number of halogens is 6. The Balaban J connectivity index is 2.80. The predicted octanol–water partition coefficient (Wildman–Crippen LogP) is 3.63. The predicted molar refractivity (Wildman–Crippen MR) is 51.9 cm³/mol. The number of ether oxygens (including phenoxy) is 1. The summed E-state index contributed by atoms with van der Waals surface area (Å²) < 4.78 is 77.5. The quantitative estimate of drug-likeness (QED) is 0.626. The highest BCUT2D eigenvalue weighted by Crippen LogP contribution is 2.37. The third-order valence-corrected chi connectivity index (χ3v) is 2.24. The lowest BCUT2D eigenvalue weighted by Gasteiger charge is -2.20. The van der Waals surface area contributed by atoms with E-state index in [0.29, 0.717) is 0 Å². The number of alkyl halides is 5. The minimum Gasteiger partial charge on any atom is -0.453 e. The van der Waals surface area contributed by atoms with E-state index in [9.17, 15) is 31.1 Å². The Morgan fingerprint density at radius 2 is 1.58 bits per heavy atom. The lowest BCUT2D eigenvalue weighted by molar-refractivity contribution is -0.282. The molecule has 0 saturated carbocycles. The van der Waals surface area contributed by atoms with E-state index in [-0.39, 0.29) is 5.56 Å². The highest BCUT2D eigenvalue weighted by Gasteiger charge is 2.65. The summed E-state index contributed by atoms with van der Waals surface area (Å²) in [4.78, 5) is 10.8. The number of hydrogen-bond acceptors (Lipinski definition) is 2. The maximum absolute atomic E-state index is 12.6. The fourth-order valence-electron chi connectivity index (χ4n) is 1.15. The van der Waals surface area contributed by atoms with Gasteiger partial charge in [-0.15, -0.1) is 0 Å². The molecule has 1 aromatic rings. The van der Waals surface area contributed by atoms with Crippen molar-refractivity contribution >= 4 is 5.97 Å². The number of benzene rings is 1. The van der Waals surface area contributed by atoms with Gasteiger partial charge in [0.15, 0.2) is 0 Å². The van der Waals surface area contributed by atoms with Gasteiger partial charge in [-0.1, -0.05) is 12.1 Å². The first-order valence-electron chi connectivity index (χ1n) is 4.97. The van der Waals surface area contributed by atoms with Crippen LogP contribution in [0.25, 0.3) is 0 Å². The number of esters is 1. The van der Waals surface area contributed by atoms with Crippen molar-refractivity contribution in [2.45, 2.75) is 25.1 Å². The maximum atomic E-state index is 12.6. The summed E-state index contributed by atoms with van der Waals surface area (Å²) >= 11 is 0. The second-order valence-corrected chi connectivity index (χ2v) is 3.67. The summed E-state index contributed by atoms with van der Waals surface area (Å²) in [6.07, 6.45) is -7.38. The van der Waals surface area contributed by atoms with Gasteiger partial charge >= 0.3 is 18.1 Å². The van der Waals surface area contributed by atoms with E-state index in [2.05, 4.69) is 4.74 Å². The second kappa shape index (κ2) is 5.10. The molecule has 0 N–H and O–H groups in total. The van der Waals surface area contributed by atoms with Crippen LogP contribution in [0.15, 0.2) is 24.3 Å². The molecule has 0 amide bonds. The molecule has 0 bridgehead atoms. The molecular formula is C11H8F6O2. The molecule has 0 aliphatic carbocycles. The Bertz CT molecular complexity index is 451. The summed E-state index contributed by atoms with van der Waals surface area (Å²) in [6, 6.07) is 4.14.